The van der Waals surface area contributed by atoms with Crippen molar-refractivity contribution in [3.8, 4) is 33.6 Å². The molecule has 6 atom stereocenters. The molecule has 316 valence electrons. The molecule has 0 bridgehead atoms. The topological polar surface area (TPSA) is 192 Å². The third-order valence-electron chi connectivity index (χ3n) is 11.0. The minimum absolute atomic E-state index is 0.150. The van der Waals surface area contributed by atoms with Crippen LogP contribution in [-0.2, 0) is 29.9 Å². The van der Waals surface area contributed by atoms with E-state index in [2.05, 4.69) is 20.6 Å². The van der Waals surface area contributed by atoms with Crippen LogP contribution in [0.15, 0.2) is 48.5 Å². The van der Waals surface area contributed by atoms with Gasteiger partial charge in [-0.15, -0.1) is 0 Å². The van der Waals surface area contributed by atoms with Gasteiger partial charge in [-0.2, -0.15) is 0 Å². The standard InChI is InChI=1S/C41H50Cl2N8O7S/c1-21(2)30(46-40(54)57-5)38(52)50-18-8-9-28(50)36-44-32(34(42)48-36)25-14-10-23(11-15-25)24-12-16-26(17-13-24)33-35(43)49-37(45-33)29-19-27(59(7)56)20-51(29)39(53)31(22(3)4)47-41(55)58-6/h10-17,21-22,27-31H,8-9,18-20H2,1-7H3,(H,44,48)(H,45,49)(H,46,54)(H,47,55)/t27-,28?,29-,30-,31-,59?/m0/s1. The predicted molar refractivity (Wildman–Crippen MR) is 226 cm³/mol. The molecule has 4 amide bonds. The van der Waals surface area contributed by atoms with E-state index in [-0.39, 0.29) is 41.5 Å². The molecule has 0 saturated carbocycles. The van der Waals surface area contributed by atoms with Gasteiger partial charge in [0.2, 0.25) is 11.8 Å². The van der Waals surface area contributed by atoms with Gasteiger partial charge >= 0.3 is 12.2 Å². The molecule has 59 heavy (non-hydrogen) atoms. The molecule has 0 radical (unpaired) electrons. The number of hydrogen-bond donors (Lipinski definition) is 4. The maximum Gasteiger partial charge on any atom is 0.407 e. The molecular weight excluding hydrogens is 819 g/mol. The second-order valence-electron chi connectivity index (χ2n) is 15.5. The Bertz CT molecular complexity index is 2190. The molecule has 18 heteroatoms. The summed E-state index contributed by atoms with van der Waals surface area (Å²) >= 11 is 13.4. The summed E-state index contributed by atoms with van der Waals surface area (Å²) in [6.07, 6.45) is 2.15. The number of likely N-dealkylation sites (tertiary alicyclic amines) is 2. The third-order valence-corrected chi connectivity index (χ3v) is 12.8. The van der Waals surface area contributed by atoms with Crippen LogP contribution in [-0.4, -0.2) is 109 Å². The number of carbonyl (C=O) groups excluding carboxylic acids is 4. The van der Waals surface area contributed by atoms with Gasteiger partial charge in [0.05, 0.1) is 31.6 Å². The van der Waals surface area contributed by atoms with Gasteiger partial charge in [0.25, 0.3) is 0 Å². The van der Waals surface area contributed by atoms with Crippen LogP contribution in [0.25, 0.3) is 33.6 Å². The summed E-state index contributed by atoms with van der Waals surface area (Å²) in [5, 5.41) is 5.69. The molecule has 2 aromatic carbocycles. The maximum absolute atomic E-state index is 13.8. The highest BCUT2D eigenvalue weighted by Gasteiger charge is 2.43. The molecule has 15 nitrogen and oxygen atoms in total. The minimum atomic E-state index is -1.20. The van der Waals surface area contributed by atoms with E-state index in [4.69, 9.17) is 42.6 Å². The summed E-state index contributed by atoms with van der Waals surface area (Å²) in [6, 6.07) is 13.1. The number of halogens is 2. The summed E-state index contributed by atoms with van der Waals surface area (Å²) < 4.78 is 22.1. The number of amides is 4. The lowest BCUT2D eigenvalue weighted by Gasteiger charge is -2.29. The summed E-state index contributed by atoms with van der Waals surface area (Å²) in [5.74, 6) is 0.149. The SMILES string of the molecule is COC(=O)N[C@H](C(=O)N1CCCC1c1nc(-c2ccc(-c3ccc(-c4nc([C@@H]5C[C@H](S(C)=O)CN5C(=O)[C@@H](NC(=O)OC)C(C)C)[nH]c4Cl)cc3)cc2)c(Cl)[nH]1)C(C)C. The molecule has 4 N–H and O–H groups in total. The lowest BCUT2D eigenvalue weighted by atomic mass is 10.0. The van der Waals surface area contributed by atoms with Crippen LogP contribution in [0, 0.1) is 11.8 Å². The first-order valence-electron chi connectivity index (χ1n) is 19.5. The molecule has 2 fully saturated rings. The zero-order chi connectivity index (χ0) is 42.7. The number of carbonyl (C=O) groups is 4. The fourth-order valence-corrected chi connectivity index (χ4v) is 9.01. The Kier molecular flexibility index (Phi) is 13.7. The number of nitrogens with zero attached hydrogens (tertiary/aromatic N) is 4. The van der Waals surface area contributed by atoms with E-state index >= 15 is 0 Å². The van der Waals surface area contributed by atoms with Crippen LogP contribution >= 0.6 is 23.2 Å². The minimum Gasteiger partial charge on any atom is -0.453 e. The highest BCUT2D eigenvalue weighted by Crippen LogP contribution is 2.39. The molecule has 2 aliphatic heterocycles. The van der Waals surface area contributed by atoms with Gasteiger partial charge in [0.1, 0.15) is 45.4 Å². The van der Waals surface area contributed by atoms with Crippen molar-refractivity contribution in [3.05, 3.63) is 70.5 Å². The monoisotopic (exact) mass is 868 g/mol. The zero-order valence-corrected chi connectivity index (χ0v) is 36.3. The molecule has 2 saturated heterocycles. The van der Waals surface area contributed by atoms with Gasteiger partial charge in [0, 0.05) is 41.3 Å². The number of hydrogen-bond acceptors (Lipinski definition) is 9. The number of aromatic nitrogens is 4. The van der Waals surface area contributed by atoms with E-state index in [1.807, 2.05) is 76.2 Å². The van der Waals surface area contributed by atoms with Crippen molar-refractivity contribution in [2.24, 2.45) is 11.8 Å². The number of aromatic amines is 2. The van der Waals surface area contributed by atoms with Crippen LogP contribution in [0.5, 0.6) is 0 Å². The number of methoxy groups -OCH3 is 2. The Balaban J connectivity index is 1.17. The van der Waals surface area contributed by atoms with Gasteiger partial charge in [-0.25, -0.2) is 19.6 Å². The Morgan fingerprint density at radius 2 is 1.15 bits per heavy atom. The summed E-state index contributed by atoms with van der Waals surface area (Å²) in [5.41, 5.74) is 4.53. The summed E-state index contributed by atoms with van der Waals surface area (Å²) in [4.78, 5) is 70.9. The first-order chi connectivity index (χ1) is 28.1. The smallest absolute Gasteiger partial charge is 0.407 e. The van der Waals surface area contributed by atoms with E-state index in [0.29, 0.717) is 52.7 Å². The van der Waals surface area contributed by atoms with Crippen molar-refractivity contribution in [2.45, 2.75) is 76.4 Å². The number of ether oxygens (including phenoxy) is 2. The van der Waals surface area contributed by atoms with Crippen molar-refractivity contribution < 1.29 is 32.9 Å². The maximum atomic E-state index is 13.8. The van der Waals surface area contributed by atoms with Gasteiger partial charge in [-0.3, -0.25) is 13.8 Å². The number of alkyl carbamates (subject to hydrolysis) is 2. The molecule has 6 rings (SSSR count). The average Bonchev–Trinajstić information content (AvgIpc) is 4.04. The van der Waals surface area contributed by atoms with E-state index in [0.717, 1.165) is 28.7 Å². The predicted octanol–water partition coefficient (Wildman–Crippen LogP) is 6.89. The number of benzene rings is 2. The van der Waals surface area contributed by atoms with Crippen molar-refractivity contribution in [2.75, 3.05) is 33.6 Å². The van der Waals surface area contributed by atoms with Crippen LogP contribution in [0.1, 0.15) is 70.7 Å². The highest BCUT2D eigenvalue weighted by molar-refractivity contribution is 7.84. The first-order valence-corrected chi connectivity index (χ1v) is 21.8. The van der Waals surface area contributed by atoms with Gasteiger partial charge in [-0.05, 0) is 42.2 Å². The third kappa shape index (κ3) is 9.44. The van der Waals surface area contributed by atoms with Crippen molar-refractivity contribution in [3.63, 3.8) is 0 Å². The second-order valence-corrected chi connectivity index (χ2v) is 17.9. The molecular formula is C41H50Cl2N8O7S. The number of imidazole rings is 2. The van der Waals surface area contributed by atoms with Crippen LogP contribution in [0.2, 0.25) is 10.3 Å². The highest BCUT2D eigenvalue weighted by atomic mass is 35.5. The van der Waals surface area contributed by atoms with E-state index in [1.54, 1.807) is 16.1 Å². The molecule has 2 unspecified atom stereocenters. The van der Waals surface area contributed by atoms with E-state index in [9.17, 15) is 23.4 Å². The largest absolute Gasteiger partial charge is 0.453 e. The van der Waals surface area contributed by atoms with Crippen LogP contribution < -0.4 is 10.6 Å². The number of rotatable bonds is 12. The molecule has 2 aliphatic rings. The average molecular weight is 870 g/mol. The first kappa shape index (κ1) is 43.6. The Hall–Kier alpha value is -4.93. The van der Waals surface area contributed by atoms with Crippen molar-refractivity contribution in [1.29, 1.82) is 0 Å². The Morgan fingerprint density at radius 1 is 0.729 bits per heavy atom. The summed E-state index contributed by atoms with van der Waals surface area (Å²) in [7, 11) is 1.30. The Morgan fingerprint density at radius 3 is 1.58 bits per heavy atom. The van der Waals surface area contributed by atoms with Crippen molar-refractivity contribution >= 4 is 58.0 Å². The number of H-pyrrole nitrogens is 2. The van der Waals surface area contributed by atoms with Gasteiger partial charge < -0.3 is 39.9 Å². The Labute approximate surface area is 355 Å². The molecule has 4 heterocycles. The van der Waals surface area contributed by atoms with Gasteiger partial charge in [0.15, 0.2) is 0 Å². The van der Waals surface area contributed by atoms with Crippen LogP contribution in [0.3, 0.4) is 0 Å². The quantitative estimate of drug-likeness (QED) is 0.118. The fraction of sp³-hybridized carbons (Fsp3) is 0.463. The molecule has 2 aromatic heterocycles. The normalized spacial score (nSPS) is 19.5. The van der Waals surface area contributed by atoms with Gasteiger partial charge in [-0.1, -0.05) is 99.4 Å². The lowest BCUT2D eigenvalue weighted by molar-refractivity contribution is -0.136. The van der Waals surface area contributed by atoms with E-state index in [1.165, 1.54) is 14.2 Å². The summed E-state index contributed by atoms with van der Waals surface area (Å²) in [6.45, 7) is 8.18. The molecule has 0 aliphatic carbocycles. The zero-order valence-electron chi connectivity index (χ0n) is 34.0. The second kappa shape index (κ2) is 18.6. The lowest BCUT2D eigenvalue weighted by Crippen LogP contribution is -2.51. The van der Waals surface area contributed by atoms with Crippen molar-refractivity contribution in [1.82, 2.24) is 40.4 Å². The molecule has 4 aromatic rings. The molecule has 0 spiro atoms. The number of nitrogens with one attached hydrogen (secondary N) is 4. The van der Waals surface area contributed by atoms with Crippen LogP contribution in [0.4, 0.5) is 9.59 Å². The fourth-order valence-electron chi connectivity index (χ4n) is 7.69. The van der Waals surface area contributed by atoms with E-state index < -0.39 is 41.1 Å².